The molecular formula is C17H24S. The zero-order valence-corrected chi connectivity index (χ0v) is 12.8. The minimum atomic E-state index is 0.603. The summed E-state index contributed by atoms with van der Waals surface area (Å²) in [7, 11) is 0. The third kappa shape index (κ3) is 2.83. The number of hydrogen-bond acceptors (Lipinski definition) is 1. The first-order chi connectivity index (χ1) is 8.61. The maximum Gasteiger partial charge on any atom is 0.0190 e. The predicted octanol–water partition coefficient (Wildman–Crippen LogP) is 5.49. The highest BCUT2D eigenvalue weighted by Crippen LogP contribution is 2.36. The van der Waals surface area contributed by atoms with Gasteiger partial charge in [0.05, 0.1) is 0 Å². The molecule has 0 aliphatic carbocycles. The molecule has 0 fully saturated rings. The summed E-state index contributed by atoms with van der Waals surface area (Å²) in [5, 5.41) is 0. The second kappa shape index (κ2) is 5.97. The highest BCUT2D eigenvalue weighted by molar-refractivity contribution is 7.98. The average molecular weight is 260 g/mol. The molecule has 0 unspecified atom stereocenters. The Morgan fingerprint density at radius 2 is 1.83 bits per heavy atom. The molecule has 0 amide bonds. The molecule has 1 aromatic rings. The van der Waals surface area contributed by atoms with Crippen LogP contribution >= 0.6 is 11.8 Å². The van der Waals surface area contributed by atoms with E-state index in [0.29, 0.717) is 11.8 Å². The third-order valence-electron chi connectivity index (χ3n) is 3.60. The minimum absolute atomic E-state index is 0.603. The number of thioether (sulfide) groups is 1. The molecule has 2 rings (SSSR count). The number of rotatable bonds is 2. The van der Waals surface area contributed by atoms with Crippen LogP contribution in [0.25, 0.3) is 5.57 Å². The molecule has 1 aliphatic heterocycles. The number of hydrogen-bond donors (Lipinski definition) is 0. The van der Waals surface area contributed by atoms with Gasteiger partial charge in [0, 0.05) is 5.75 Å². The van der Waals surface area contributed by atoms with Crippen LogP contribution in [0, 0.1) is 5.92 Å². The van der Waals surface area contributed by atoms with Gasteiger partial charge in [-0.1, -0.05) is 52.0 Å². The minimum Gasteiger partial charge on any atom is -0.157 e. The molecule has 0 atom stereocenters. The van der Waals surface area contributed by atoms with Gasteiger partial charge in [0.1, 0.15) is 0 Å². The monoisotopic (exact) mass is 260 g/mol. The zero-order chi connectivity index (χ0) is 13.1. The molecule has 0 radical (unpaired) electrons. The fourth-order valence-electron chi connectivity index (χ4n) is 2.68. The molecule has 0 bridgehead atoms. The molecule has 98 valence electrons. The number of fused-ring (bicyclic) bond motifs is 1. The molecular weight excluding hydrogens is 236 g/mol. The maximum absolute atomic E-state index is 2.47. The van der Waals surface area contributed by atoms with Crippen molar-refractivity contribution >= 4 is 17.3 Å². The highest BCUT2D eigenvalue weighted by Gasteiger charge is 2.18. The predicted molar refractivity (Wildman–Crippen MR) is 84.1 cm³/mol. The normalized spacial score (nSPS) is 19.1. The molecule has 1 heteroatoms. The lowest BCUT2D eigenvalue weighted by molar-refractivity contribution is 0.822. The largest absolute Gasteiger partial charge is 0.157 e. The summed E-state index contributed by atoms with van der Waals surface area (Å²) in [6.45, 7) is 9.25. The second-order valence-electron chi connectivity index (χ2n) is 5.69. The van der Waals surface area contributed by atoms with Gasteiger partial charge in [-0.2, -0.15) is 11.8 Å². The first-order valence-corrected chi connectivity index (χ1v) is 8.16. The van der Waals surface area contributed by atoms with Gasteiger partial charge in [0.25, 0.3) is 0 Å². The van der Waals surface area contributed by atoms with Crippen LogP contribution in [0.2, 0.25) is 0 Å². The molecule has 0 saturated heterocycles. The summed E-state index contributed by atoms with van der Waals surface area (Å²) in [5.41, 5.74) is 6.17. The van der Waals surface area contributed by atoms with Crippen molar-refractivity contribution < 1.29 is 0 Å². The fraction of sp³-hybridized carbons (Fsp3) is 0.529. The molecule has 0 aromatic heterocycles. The summed E-state index contributed by atoms with van der Waals surface area (Å²) in [4.78, 5) is 0. The third-order valence-corrected chi connectivity index (χ3v) is 4.64. The van der Waals surface area contributed by atoms with E-state index in [4.69, 9.17) is 0 Å². The van der Waals surface area contributed by atoms with Gasteiger partial charge in [-0.15, -0.1) is 0 Å². The average Bonchev–Trinajstić information content (AvgIpc) is 2.28. The van der Waals surface area contributed by atoms with Crippen LogP contribution in [0.4, 0.5) is 0 Å². The Hall–Kier alpha value is -0.690. The second-order valence-corrected chi connectivity index (χ2v) is 6.80. The molecule has 0 nitrogen and oxygen atoms in total. The van der Waals surface area contributed by atoms with E-state index in [-0.39, 0.29) is 0 Å². The molecule has 0 saturated carbocycles. The van der Waals surface area contributed by atoms with Crippen LogP contribution in [0.3, 0.4) is 0 Å². The smallest absolute Gasteiger partial charge is 0.0190 e. The zero-order valence-electron chi connectivity index (χ0n) is 12.0. The van der Waals surface area contributed by atoms with Crippen LogP contribution in [-0.4, -0.2) is 5.75 Å². The van der Waals surface area contributed by atoms with Crippen molar-refractivity contribution in [2.75, 3.05) is 5.75 Å². The molecule has 0 N–H and O–H groups in total. The molecule has 0 spiro atoms. The lowest BCUT2D eigenvalue weighted by Crippen LogP contribution is -2.06. The van der Waals surface area contributed by atoms with Crippen LogP contribution < -0.4 is 0 Å². The first-order valence-electron chi connectivity index (χ1n) is 7.01. The van der Waals surface area contributed by atoms with E-state index in [2.05, 4.69) is 63.7 Å². The Balaban J connectivity index is 2.60. The number of benzene rings is 1. The summed E-state index contributed by atoms with van der Waals surface area (Å²) in [6.07, 6.45) is 3.69. The van der Waals surface area contributed by atoms with Crippen LogP contribution in [0.5, 0.6) is 0 Å². The van der Waals surface area contributed by atoms with Gasteiger partial charge in [-0.25, -0.2) is 0 Å². The summed E-state index contributed by atoms with van der Waals surface area (Å²) >= 11 is 2.06. The molecule has 1 heterocycles. The van der Waals surface area contributed by atoms with Gasteiger partial charge in [0.2, 0.25) is 0 Å². The lowest BCUT2D eigenvalue weighted by atomic mass is 9.84. The summed E-state index contributed by atoms with van der Waals surface area (Å²) in [6, 6.07) is 6.86. The SMILES string of the molecule is CC(C)/C1=C/CCSCc2cccc(C(C)C)c21. The van der Waals surface area contributed by atoms with Gasteiger partial charge >= 0.3 is 0 Å². The standard InChI is InChI=1S/C17H24S/c1-12(2)15-8-5-7-14-11-18-10-6-9-16(13(3)4)17(14)15/h5,7-9,12-13H,6,10-11H2,1-4H3/b16-9-. The molecule has 1 aromatic carbocycles. The van der Waals surface area contributed by atoms with Crippen molar-refractivity contribution in [3.8, 4) is 0 Å². The van der Waals surface area contributed by atoms with Crippen molar-refractivity contribution in [3.05, 3.63) is 41.0 Å². The van der Waals surface area contributed by atoms with Crippen LogP contribution in [0.15, 0.2) is 24.3 Å². The van der Waals surface area contributed by atoms with Gasteiger partial charge in [-0.3, -0.25) is 0 Å². The summed E-state index contributed by atoms with van der Waals surface area (Å²) in [5.74, 6) is 3.64. The summed E-state index contributed by atoms with van der Waals surface area (Å²) < 4.78 is 0. The van der Waals surface area contributed by atoms with Crippen LogP contribution in [-0.2, 0) is 5.75 Å². The molecule has 1 aliphatic rings. The van der Waals surface area contributed by atoms with E-state index in [9.17, 15) is 0 Å². The van der Waals surface area contributed by atoms with Crippen molar-refractivity contribution in [1.82, 2.24) is 0 Å². The van der Waals surface area contributed by atoms with E-state index in [1.807, 2.05) is 0 Å². The van der Waals surface area contributed by atoms with Crippen LogP contribution in [0.1, 0.15) is 56.7 Å². The topological polar surface area (TPSA) is 0 Å². The lowest BCUT2D eigenvalue weighted by Gasteiger charge is -2.24. The van der Waals surface area contributed by atoms with Crippen molar-refractivity contribution in [3.63, 3.8) is 0 Å². The van der Waals surface area contributed by atoms with Gasteiger partial charge < -0.3 is 0 Å². The Kier molecular flexibility index (Phi) is 4.55. The van der Waals surface area contributed by atoms with E-state index in [1.54, 1.807) is 11.1 Å². The highest BCUT2D eigenvalue weighted by atomic mass is 32.2. The first kappa shape index (κ1) is 13.7. The maximum atomic E-state index is 2.47. The van der Waals surface area contributed by atoms with Crippen molar-refractivity contribution in [2.45, 2.75) is 45.8 Å². The van der Waals surface area contributed by atoms with E-state index < -0.39 is 0 Å². The Labute approximate surface area is 116 Å². The van der Waals surface area contributed by atoms with E-state index in [1.165, 1.54) is 29.1 Å². The quantitative estimate of drug-likeness (QED) is 0.678. The van der Waals surface area contributed by atoms with Gasteiger partial charge in [0.15, 0.2) is 0 Å². The van der Waals surface area contributed by atoms with Crippen molar-refractivity contribution in [2.24, 2.45) is 5.92 Å². The molecule has 18 heavy (non-hydrogen) atoms. The Morgan fingerprint density at radius 3 is 2.50 bits per heavy atom. The van der Waals surface area contributed by atoms with Gasteiger partial charge in [-0.05, 0) is 46.3 Å². The van der Waals surface area contributed by atoms with E-state index in [0.717, 1.165) is 0 Å². The number of allylic oxidation sites excluding steroid dienone is 2. The Morgan fingerprint density at radius 1 is 1.06 bits per heavy atom. The fourth-order valence-corrected chi connectivity index (χ4v) is 3.57. The Bertz CT molecular complexity index is 441. The van der Waals surface area contributed by atoms with Crippen molar-refractivity contribution in [1.29, 1.82) is 0 Å². The van der Waals surface area contributed by atoms with E-state index >= 15 is 0 Å².